The van der Waals surface area contributed by atoms with Crippen LogP contribution in [-0.4, -0.2) is 37.9 Å². The smallest absolute Gasteiger partial charge is 0.211 e. The molecule has 0 atom stereocenters. The van der Waals surface area contributed by atoms with Gasteiger partial charge in [-0.05, 0) is 200 Å². The number of nitriles is 5. The van der Waals surface area contributed by atoms with Gasteiger partial charge in [-0.25, -0.2) is 19.4 Å². The Bertz CT molecular complexity index is 9510. The van der Waals surface area contributed by atoms with Crippen molar-refractivity contribution >= 4 is 175 Å². The maximum absolute atomic E-state index is 11.1. The summed E-state index contributed by atoms with van der Waals surface area (Å²) in [6.07, 6.45) is 0. The molecule has 12 nitrogen and oxygen atoms in total. The molecule has 0 amide bonds. The highest BCUT2D eigenvalue weighted by atomic mass is 28.3. The van der Waals surface area contributed by atoms with Crippen molar-refractivity contribution in [1.29, 1.82) is 26.3 Å². The number of aromatic nitrogens is 3. The van der Waals surface area contributed by atoms with Gasteiger partial charge in [0.25, 0.3) is 0 Å². The Morgan fingerprint density at radius 3 is 0.933 bits per heavy atom. The van der Waals surface area contributed by atoms with Gasteiger partial charge in [-0.1, -0.05) is 406 Å². The van der Waals surface area contributed by atoms with Crippen molar-refractivity contribution in [1.82, 2.24) is 13.7 Å². The summed E-state index contributed by atoms with van der Waals surface area (Å²) in [5.74, 6) is 0. The van der Waals surface area contributed by atoms with Crippen molar-refractivity contribution < 1.29 is 0 Å². The maximum atomic E-state index is 11.1. The summed E-state index contributed by atoms with van der Waals surface area (Å²) in [6.45, 7) is 33.1. The third kappa shape index (κ3) is 16.3. The zero-order valence-corrected chi connectivity index (χ0v) is 83.9. The third-order valence-electron chi connectivity index (χ3n) is 28.9. The number of rotatable bonds is 18. The summed E-state index contributed by atoms with van der Waals surface area (Å²) in [5, 5.41) is 70.6. The summed E-state index contributed by atoms with van der Waals surface area (Å²) in [7, 11) is -8.95. The van der Waals surface area contributed by atoms with Crippen LogP contribution in [0.25, 0.3) is 135 Å². The van der Waals surface area contributed by atoms with Crippen LogP contribution in [0.4, 0.5) is 22.7 Å². The van der Waals surface area contributed by atoms with Crippen molar-refractivity contribution in [2.45, 2.75) is 0 Å². The van der Waals surface area contributed by atoms with Gasteiger partial charge in [-0.15, -0.1) is 0 Å². The van der Waals surface area contributed by atoms with E-state index in [0.717, 1.165) is 136 Å². The molecule has 24 rings (SSSR count). The van der Waals surface area contributed by atoms with Crippen molar-refractivity contribution in [3.63, 3.8) is 0 Å². The molecule has 0 spiro atoms. The van der Waals surface area contributed by atoms with Gasteiger partial charge >= 0.3 is 0 Å². The zero-order valence-electron chi connectivity index (χ0n) is 80.9. The van der Waals surface area contributed by atoms with E-state index in [9.17, 15) is 26.3 Å². The standard InChI is InChI=1S/3C45H28N4Si/c1-47-34-24-25-38(45(30-34)50(35-14-6-3-7-15-35,36-16-8-4-9-17-36)37-18-10-5-11-19-37)33-23-27-44(41(29-33)48-2)49-42-21-13-12-20-39(42)40-28-32(31-46)22-26-43(40)49;1-48-42-29-36(50(33-14-5-2-6-15-33,34-16-7-3-8-17-34)35-18-9-4-10-19-35)25-26-38(42)37-21-13-23-44(41(37)31-47)49-43-22-12-11-20-39(43)40-28-32(30-46)24-27-45(40)49;1-48-34-28-40(33-22-24-35(25-23-33)49-43-20-12-11-19-39(43)41-27-32(30-46)21-26-44(41)49)42(31-47)45(29-34)50(36-13-5-2-6-14-36,37-15-7-3-8-16-37)38-17-9-4-10-18-38/h3-30H;2*2-29H. The number of hydrogen-bond acceptors (Lipinski definition) is 5. The van der Waals surface area contributed by atoms with Crippen LogP contribution in [0, 0.1) is 82.9 Å². The van der Waals surface area contributed by atoms with Crippen molar-refractivity contribution in [3.05, 3.63) is 583 Å². The fourth-order valence-corrected chi connectivity index (χ4v) is 37.2. The molecule has 0 saturated heterocycles. The fourth-order valence-electron chi connectivity index (χ4n) is 22.5. The Morgan fingerprint density at radius 1 is 0.193 bits per heavy atom. The van der Waals surface area contributed by atoms with Crippen LogP contribution in [0.15, 0.2) is 510 Å². The van der Waals surface area contributed by atoms with Gasteiger partial charge in [0.2, 0.25) is 5.69 Å². The van der Waals surface area contributed by atoms with E-state index < -0.39 is 24.2 Å². The lowest BCUT2D eigenvalue weighted by molar-refractivity contribution is 1.17. The van der Waals surface area contributed by atoms with Crippen LogP contribution in [0.5, 0.6) is 0 Å². The molecule has 0 radical (unpaired) electrons. The Labute approximate surface area is 872 Å². The van der Waals surface area contributed by atoms with Crippen LogP contribution < -0.4 is 62.2 Å². The molecule has 15 heteroatoms. The second-order valence-electron chi connectivity index (χ2n) is 36.6. The SMILES string of the molecule is [C-]#[N+]c1cc(-c2ccc(-n3c4ccccc4c4cc(C#N)ccc43)cc2)c(C#N)c([Si](c2ccccc2)(c2ccccc2)c2ccccc2)c1.[C-]#[N+]c1cc([Si](c2ccccc2)(c2ccccc2)c2ccccc2)ccc1-c1cccc(-n2c3ccccc3c3cc(C#N)ccc32)c1C#N.[C-]#[N+]c1ccc(-c2ccc(-n3c4ccccc4c4cc(C#N)ccc43)c([N+]#[C-])c2)c([Si](c2ccccc2)(c2ccccc2)c2ccccc2)c1. The van der Waals surface area contributed by atoms with E-state index in [-0.39, 0.29) is 0 Å². The predicted octanol–water partition coefficient (Wildman–Crippen LogP) is 25.0. The van der Waals surface area contributed by atoms with E-state index in [4.69, 9.17) is 26.3 Å². The Hall–Kier alpha value is -20.9. The van der Waals surface area contributed by atoms with Crippen molar-refractivity contribution in [2.75, 3.05) is 0 Å². The Morgan fingerprint density at radius 2 is 0.540 bits per heavy atom. The van der Waals surface area contributed by atoms with Gasteiger partial charge in [0.1, 0.15) is 6.07 Å². The second-order valence-corrected chi connectivity index (χ2v) is 48.0. The molecule has 0 aliphatic carbocycles. The number of hydrogen-bond donors (Lipinski definition) is 0. The topological polar surface area (TPSA) is 151 Å². The number of para-hydroxylation sites is 3. The van der Waals surface area contributed by atoms with Crippen LogP contribution in [0.2, 0.25) is 0 Å². The molecule has 0 N–H and O–H groups in total. The van der Waals surface area contributed by atoms with E-state index >= 15 is 0 Å². The van der Waals surface area contributed by atoms with Gasteiger partial charge in [0.15, 0.2) is 41.3 Å². The fraction of sp³-hybridized carbons (Fsp3) is 0. The first-order valence-electron chi connectivity index (χ1n) is 49.0. The number of nitrogens with zero attached hydrogens (tertiary/aromatic N) is 12. The van der Waals surface area contributed by atoms with Gasteiger partial charge in [-0.3, -0.25) is 0 Å². The van der Waals surface area contributed by atoms with Crippen molar-refractivity contribution in [3.8, 4) is 80.8 Å². The highest BCUT2D eigenvalue weighted by Gasteiger charge is 2.47. The van der Waals surface area contributed by atoms with Gasteiger partial charge in [-0.2, -0.15) is 26.3 Å². The minimum atomic E-state index is -3.09. The normalized spacial score (nSPS) is 11.1. The minimum absolute atomic E-state index is 0.481. The predicted molar refractivity (Wildman–Crippen MR) is 618 cm³/mol. The Balaban J connectivity index is 0.000000127. The van der Waals surface area contributed by atoms with Crippen LogP contribution in [-0.2, 0) is 0 Å². The average Bonchev–Trinajstić information content (AvgIpc) is 0.973. The molecule has 0 fully saturated rings. The van der Waals surface area contributed by atoms with Crippen LogP contribution >= 0.6 is 0 Å². The molecule has 0 unspecified atom stereocenters. The Kier molecular flexibility index (Phi) is 25.6. The number of fused-ring (bicyclic) bond motifs is 9. The molecule has 0 saturated carbocycles. The summed E-state index contributed by atoms with van der Waals surface area (Å²) >= 11 is 0. The van der Waals surface area contributed by atoms with Gasteiger partial charge in [0, 0.05) is 38.0 Å². The second kappa shape index (κ2) is 40.8. The lowest BCUT2D eigenvalue weighted by Crippen LogP contribution is -2.75. The molecular weight excluding hydrogens is 1870 g/mol. The first kappa shape index (κ1) is 94.0. The highest BCUT2D eigenvalue weighted by molar-refractivity contribution is 7.21. The lowest BCUT2D eigenvalue weighted by Gasteiger charge is -2.36. The molecule has 3 aromatic heterocycles. The first-order chi connectivity index (χ1) is 74.0. The highest BCUT2D eigenvalue weighted by Crippen LogP contribution is 2.43. The quantitative estimate of drug-likeness (QED) is 0.0476. The van der Waals surface area contributed by atoms with Crippen molar-refractivity contribution in [2.24, 2.45) is 0 Å². The molecular formula is C135H84N12Si3. The molecule has 21 aromatic carbocycles. The molecule has 150 heavy (non-hydrogen) atoms. The molecule has 0 bridgehead atoms. The summed E-state index contributed by atoms with van der Waals surface area (Å²) in [5.41, 5.74) is 18.2. The summed E-state index contributed by atoms with van der Waals surface area (Å²) in [6, 6.07) is 185. The maximum Gasteiger partial charge on any atom is 0.211 e. The third-order valence-corrected chi connectivity index (χ3v) is 43.3. The van der Waals surface area contributed by atoms with Crippen LogP contribution in [0.3, 0.4) is 0 Å². The molecule has 3 heterocycles. The zero-order chi connectivity index (χ0) is 102. The van der Waals surface area contributed by atoms with E-state index in [1.165, 1.54) is 31.1 Å². The lowest BCUT2D eigenvalue weighted by atomic mass is 9.97. The average molecular weight is 1960 g/mol. The van der Waals surface area contributed by atoms with Crippen LogP contribution in [0.1, 0.15) is 27.8 Å². The largest absolute Gasteiger partial charge is 0.319 e. The van der Waals surface area contributed by atoms with E-state index in [2.05, 4.69) is 349 Å². The molecule has 0 aliphatic heterocycles. The number of benzene rings is 21. The summed E-state index contributed by atoms with van der Waals surface area (Å²) < 4.78 is 6.43. The molecule has 0 aliphatic rings. The van der Waals surface area contributed by atoms with E-state index in [0.29, 0.717) is 61.7 Å². The van der Waals surface area contributed by atoms with E-state index in [1.54, 1.807) is 0 Å². The molecule has 696 valence electrons. The monoisotopic (exact) mass is 1960 g/mol. The minimum Gasteiger partial charge on any atom is -0.319 e. The van der Waals surface area contributed by atoms with Gasteiger partial charge in [0.05, 0.1) is 123 Å². The van der Waals surface area contributed by atoms with E-state index in [1.807, 2.05) is 224 Å². The van der Waals surface area contributed by atoms with Gasteiger partial charge < -0.3 is 13.7 Å². The summed E-state index contributed by atoms with van der Waals surface area (Å²) in [4.78, 5) is 16.1. The molecule has 24 aromatic rings. The first-order valence-corrected chi connectivity index (χ1v) is 55.0.